The number of anilines is 3. The van der Waals surface area contributed by atoms with Crippen molar-refractivity contribution in [1.29, 1.82) is 0 Å². The number of rotatable bonds is 7. The lowest BCUT2D eigenvalue weighted by molar-refractivity contribution is 0.426. The number of nitrogens with zero attached hydrogens (tertiary/aromatic N) is 1. The highest BCUT2D eigenvalue weighted by Gasteiger charge is 2.16. The van der Waals surface area contributed by atoms with Gasteiger partial charge in [0.1, 0.15) is 0 Å². The molecule has 2 N–H and O–H groups in total. The highest BCUT2D eigenvalue weighted by molar-refractivity contribution is 6.58. The standard InChI is InChI=1S/C36H28BNO2/c39-37(40)33-18-24-36(25-19-33)38(34-20-14-29(15-21-34)27-8-3-1-4-9-27)35-22-16-30(17-23-35)32-13-7-12-31(26-32)28-10-5-2-6-11-28/h1-26,39-40H. The van der Waals surface area contributed by atoms with Crippen molar-refractivity contribution >= 4 is 29.6 Å². The van der Waals surface area contributed by atoms with Gasteiger partial charge in [0.15, 0.2) is 0 Å². The van der Waals surface area contributed by atoms with Gasteiger partial charge in [-0.25, -0.2) is 0 Å². The molecule has 0 spiro atoms. The zero-order valence-corrected chi connectivity index (χ0v) is 21.9. The fraction of sp³-hybridized carbons (Fsp3) is 0. The van der Waals surface area contributed by atoms with E-state index in [0.29, 0.717) is 5.46 Å². The van der Waals surface area contributed by atoms with Gasteiger partial charge in [-0.15, -0.1) is 0 Å². The maximum absolute atomic E-state index is 9.60. The smallest absolute Gasteiger partial charge is 0.423 e. The molecule has 0 saturated carbocycles. The monoisotopic (exact) mass is 517 g/mol. The Morgan fingerprint density at radius 2 is 0.700 bits per heavy atom. The van der Waals surface area contributed by atoms with Crippen molar-refractivity contribution in [3.63, 3.8) is 0 Å². The molecular formula is C36H28BNO2. The summed E-state index contributed by atoms with van der Waals surface area (Å²) in [4.78, 5) is 2.17. The summed E-state index contributed by atoms with van der Waals surface area (Å²) in [6.07, 6.45) is 0. The van der Waals surface area contributed by atoms with Crippen LogP contribution in [0.15, 0.2) is 158 Å². The summed E-state index contributed by atoms with van der Waals surface area (Å²) in [7, 11) is -1.50. The first-order valence-corrected chi connectivity index (χ1v) is 13.3. The fourth-order valence-corrected chi connectivity index (χ4v) is 4.99. The maximum atomic E-state index is 9.60. The molecule has 0 aliphatic carbocycles. The van der Waals surface area contributed by atoms with E-state index in [1.54, 1.807) is 12.1 Å². The van der Waals surface area contributed by atoms with Gasteiger partial charge in [0.2, 0.25) is 0 Å². The zero-order valence-electron chi connectivity index (χ0n) is 21.9. The molecule has 0 aliphatic rings. The molecule has 0 amide bonds. The van der Waals surface area contributed by atoms with Gasteiger partial charge in [-0.2, -0.15) is 0 Å². The summed E-state index contributed by atoms with van der Waals surface area (Å²) >= 11 is 0. The van der Waals surface area contributed by atoms with Gasteiger partial charge in [-0.1, -0.05) is 115 Å². The molecule has 0 atom stereocenters. The van der Waals surface area contributed by atoms with Crippen molar-refractivity contribution in [2.45, 2.75) is 0 Å². The van der Waals surface area contributed by atoms with Gasteiger partial charge < -0.3 is 14.9 Å². The summed E-state index contributed by atoms with van der Waals surface area (Å²) in [6, 6.07) is 53.7. The normalized spacial score (nSPS) is 10.8. The van der Waals surface area contributed by atoms with Crippen LogP contribution < -0.4 is 10.4 Å². The van der Waals surface area contributed by atoms with E-state index in [2.05, 4.69) is 114 Å². The Morgan fingerprint density at radius 3 is 1.15 bits per heavy atom. The number of benzene rings is 6. The first-order chi connectivity index (χ1) is 19.7. The van der Waals surface area contributed by atoms with E-state index >= 15 is 0 Å². The van der Waals surface area contributed by atoms with Crippen LogP contribution >= 0.6 is 0 Å². The van der Waals surface area contributed by atoms with Gasteiger partial charge in [-0.3, -0.25) is 0 Å². The quantitative estimate of drug-likeness (QED) is 0.212. The predicted molar refractivity (Wildman–Crippen MR) is 167 cm³/mol. The second kappa shape index (κ2) is 11.5. The predicted octanol–water partition coefficient (Wildman–Crippen LogP) is 7.84. The van der Waals surface area contributed by atoms with E-state index in [4.69, 9.17) is 0 Å². The molecule has 0 bridgehead atoms. The lowest BCUT2D eigenvalue weighted by Crippen LogP contribution is -2.29. The van der Waals surface area contributed by atoms with Crippen LogP contribution in [0.4, 0.5) is 17.1 Å². The molecule has 0 radical (unpaired) electrons. The second-order valence-corrected chi connectivity index (χ2v) is 9.71. The first kappa shape index (κ1) is 25.4. The van der Waals surface area contributed by atoms with Crippen LogP contribution in [0.1, 0.15) is 0 Å². The summed E-state index contributed by atoms with van der Waals surface area (Å²) < 4.78 is 0. The third kappa shape index (κ3) is 5.45. The van der Waals surface area contributed by atoms with E-state index in [-0.39, 0.29) is 0 Å². The average molecular weight is 517 g/mol. The molecule has 4 heteroatoms. The summed E-state index contributed by atoms with van der Waals surface area (Å²) in [6.45, 7) is 0. The van der Waals surface area contributed by atoms with Gasteiger partial charge in [0.25, 0.3) is 0 Å². The van der Waals surface area contributed by atoms with Crippen molar-refractivity contribution in [1.82, 2.24) is 0 Å². The summed E-state index contributed by atoms with van der Waals surface area (Å²) in [5, 5.41) is 19.2. The van der Waals surface area contributed by atoms with Crippen LogP contribution in [0.2, 0.25) is 0 Å². The van der Waals surface area contributed by atoms with E-state index in [9.17, 15) is 10.0 Å². The molecule has 6 aromatic carbocycles. The molecule has 3 nitrogen and oxygen atoms in total. The van der Waals surface area contributed by atoms with Gasteiger partial charge in [0, 0.05) is 17.1 Å². The molecule has 6 aromatic rings. The Morgan fingerprint density at radius 1 is 0.350 bits per heavy atom. The second-order valence-electron chi connectivity index (χ2n) is 9.71. The Hall–Kier alpha value is -4.90. The molecular weight excluding hydrogens is 489 g/mol. The Balaban J connectivity index is 1.36. The van der Waals surface area contributed by atoms with Crippen molar-refractivity contribution in [3.05, 3.63) is 158 Å². The molecule has 0 saturated heterocycles. The number of hydrogen-bond donors (Lipinski definition) is 2. The highest BCUT2D eigenvalue weighted by Crippen LogP contribution is 2.36. The van der Waals surface area contributed by atoms with Crippen LogP contribution in [0.25, 0.3) is 33.4 Å². The van der Waals surface area contributed by atoms with Crippen molar-refractivity contribution < 1.29 is 10.0 Å². The van der Waals surface area contributed by atoms with E-state index in [1.165, 1.54) is 16.7 Å². The highest BCUT2D eigenvalue weighted by atomic mass is 16.4. The molecule has 192 valence electrons. The van der Waals surface area contributed by atoms with Crippen molar-refractivity contribution in [3.8, 4) is 33.4 Å². The molecule has 0 aliphatic heterocycles. The minimum atomic E-state index is -1.50. The maximum Gasteiger partial charge on any atom is 0.488 e. The molecule has 0 fully saturated rings. The Labute approximate surface area is 235 Å². The lowest BCUT2D eigenvalue weighted by atomic mass is 9.80. The topological polar surface area (TPSA) is 43.7 Å². The molecule has 6 rings (SSSR count). The number of hydrogen-bond acceptors (Lipinski definition) is 3. The van der Waals surface area contributed by atoms with E-state index in [1.807, 2.05) is 36.4 Å². The van der Waals surface area contributed by atoms with E-state index < -0.39 is 7.12 Å². The Kier molecular flexibility index (Phi) is 7.27. The minimum Gasteiger partial charge on any atom is -0.423 e. The summed E-state index contributed by atoms with van der Waals surface area (Å²) in [5.74, 6) is 0. The van der Waals surface area contributed by atoms with Crippen LogP contribution in [0, 0.1) is 0 Å². The van der Waals surface area contributed by atoms with Crippen LogP contribution in [-0.2, 0) is 0 Å². The fourth-order valence-electron chi connectivity index (χ4n) is 4.99. The minimum absolute atomic E-state index is 0.455. The zero-order chi connectivity index (χ0) is 27.3. The average Bonchev–Trinajstić information content (AvgIpc) is 3.03. The Bertz CT molecular complexity index is 1680. The molecule has 0 unspecified atom stereocenters. The van der Waals surface area contributed by atoms with Crippen LogP contribution in [-0.4, -0.2) is 17.2 Å². The van der Waals surface area contributed by atoms with Crippen LogP contribution in [0.5, 0.6) is 0 Å². The van der Waals surface area contributed by atoms with Crippen LogP contribution in [0.3, 0.4) is 0 Å². The third-order valence-corrected chi connectivity index (χ3v) is 7.11. The van der Waals surface area contributed by atoms with E-state index in [0.717, 1.165) is 33.8 Å². The summed E-state index contributed by atoms with van der Waals surface area (Å²) in [5.41, 5.74) is 10.4. The molecule has 0 heterocycles. The van der Waals surface area contributed by atoms with Gasteiger partial charge in [-0.05, 0) is 81.3 Å². The largest absolute Gasteiger partial charge is 0.488 e. The van der Waals surface area contributed by atoms with Gasteiger partial charge in [0.05, 0.1) is 0 Å². The van der Waals surface area contributed by atoms with Gasteiger partial charge >= 0.3 is 7.12 Å². The lowest BCUT2D eigenvalue weighted by Gasteiger charge is -2.26. The molecule has 0 aromatic heterocycles. The van der Waals surface area contributed by atoms with Crippen molar-refractivity contribution in [2.75, 3.05) is 4.90 Å². The SMILES string of the molecule is OB(O)c1ccc(N(c2ccc(-c3ccccc3)cc2)c2ccc(-c3cccc(-c4ccccc4)c3)cc2)cc1. The van der Waals surface area contributed by atoms with Crippen molar-refractivity contribution in [2.24, 2.45) is 0 Å². The first-order valence-electron chi connectivity index (χ1n) is 13.3. The third-order valence-electron chi connectivity index (χ3n) is 7.11. The molecule has 40 heavy (non-hydrogen) atoms.